The number of aliphatic imine (C=N–C) groups is 1. The summed E-state index contributed by atoms with van der Waals surface area (Å²) in [6.45, 7) is 9.15. The molecule has 2 N–H and O–H groups in total. The maximum Gasteiger partial charge on any atom is 0.276 e. The molecule has 0 aliphatic heterocycles. The van der Waals surface area contributed by atoms with Gasteiger partial charge in [0.1, 0.15) is 0 Å². The number of para-hydroxylation sites is 1. The number of rotatable bonds is 7. The van der Waals surface area contributed by atoms with Gasteiger partial charge in [0.2, 0.25) is 0 Å². The average molecular weight is 483 g/mol. The standard InChI is InChI=1S/C27H35ClN4O2/c1-6-19-13-18(4)14-20(11-12-21(19)17(2)3)30-26-15-25(23(28)16-29-26)31-24-10-8-7-9-22(24)27(33)32-34-5/h7-10,14-17,19,21H,6,11-13H2,1-5H3,(H,29,31)(H,32,33)/b18-14-,30-20?. The van der Waals surface area contributed by atoms with Gasteiger partial charge in [0, 0.05) is 11.8 Å². The van der Waals surface area contributed by atoms with Crippen LogP contribution in [0.3, 0.4) is 0 Å². The van der Waals surface area contributed by atoms with Crippen LogP contribution in [-0.4, -0.2) is 23.7 Å². The number of hydrogen-bond donors (Lipinski definition) is 2. The number of hydrogen-bond acceptors (Lipinski definition) is 5. The molecule has 0 spiro atoms. The molecule has 1 aromatic heterocycles. The van der Waals surface area contributed by atoms with Crippen LogP contribution in [-0.2, 0) is 4.84 Å². The van der Waals surface area contributed by atoms with Crippen molar-refractivity contribution < 1.29 is 9.63 Å². The van der Waals surface area contributed by atoms with Crippen molar-refractivity contribution in [2.75, 3.05) is 12.4 Å². The quantitative estimate of drug-likeness (QED) is 0.407. The van der Waals surface area contributed by atoms with Gasteiger partial charge >= 0.3 is 0 Å². The molecule has 0 bridgehead atoms. The zero-order chi connectivity index (χ0) is 24.7. The molecule has 1 amide bonds. The normalized spacial score (nSPS) is 21.5. The van der Waals surface area contributed by atoms with E-state index in [2.05, 4.69) is 49.6 Å². The van der Waals surface area contributed by atoms with Gasteiger partial charge in [-0.1, -0.05) is 56.5 Å². The number of pyridine rings is 1. The second-order valence-corrected chi connectivity index (χ2v) is 9.65. The van der Waals surface area contributed by atoms with Gasteiger partial charge in [0.05, 0.1) is 35.3 Å². The van der Waals surface area contributed by atoms with Crippen molar-refractivity contribution in [3.05, 3.63) is 58.8 Å². The van der Waals surface area contributed by atoms with Crippen molar-refractivity contribution in [1.82, 2.24) is 10.5 Å². The number of nitrogens with one attached hydrogen (secondary N) is 2. The molecule has 1 aliphatic carbocycles. The molecule has 2 aromatic rings. The highest BCUT2D eigenvalue weighted by molar-refractivity contribution is 6.33. The van der Waals surface area contributed by atoms with Gasteiger partial charge in [-0.3, -0.25) is 9.63 Å². The van der Waals surface area contributed by atoms with E-state index in [0.29, 0.717) is 39.6 Å². The van der Waals surface area contributed by atoms with Crippen LogP contribution >= 0.6 is 11.6 Å². The summed E-state index contributed by atoms with van der Waals surface area (Å²) in [6.07, 6.45) is 8.17. The van der Waals surface area contributed by atoms with Gasteiger partial charge < -0.3 is 5.32 Å². The second-order valence-electron chi connectivity index (χ2n) is 9.24. The van der Waals surface area contributed by atoms with Crippen molar-refractivity contribution in [2.45, 2.75) is 53.4 Å². The van der Waals surface area contributed by atoms with Crippen LogP contribution in [0.4, 0.5) is 17.2 Å². The number of benzene rings is 1. The van der Waals surface area contributed by atoms with E-state index >= 15 is 0 Å². The number of amides is 1. The van der Waals surface area contributed by atoms with Crippen LogP contribution in [0.5, 0.6) is 0 Å². The molecule has 0 saturated heterocycles. The highest BCUT2D eigenvalue weighted by Crippen LogP contribution is 2.35. The Balaban J connectivity index is 1.89. The Kier molecular flexibility index (Phi) is 9.25. The summed E-state index contributed by atoms with van der Waals surface area (Å²) < 4.78 is 0. The van der Waals surface area contributed by atoms with Crippen LogP contribution in [0.1, 0.15) is 63.7 Å². The Bertz CT molecular complexity index is 1060. The van der Waals surface area contributed by atoms with Gasteiger partial charge in [-0.05, 0) is 62.1 Å². The molecule has 3 rings (SSSR count). The number of carbonyl (C=O) groups excluding carboxylic acids is 1. The number of allylic oxidation sites excluding steroid dienone is 2. The van der Waals surface area contributed by atoms with Crippen LogP contribution in [0, 0.1) is 17.8 Å². The topological polar surface area (TPSA) is 75.6 Å². The molecular weight excluding hydrogens is 448 g/mol. The number of nitrogens with zero attached hydrogens (tertiary/aromatic N) is 2. The molecule has 2 unspecified atom stereocenters. The number of halogens is 1. The van der Waals surface area contributed by atoms with Crippen molar-refractivity contribution >= 4 is 40.4 Å². The second kappa shape index (κ2) is 12.1. The monoisotopic (exact) mass is 482 g/mol. The Morgan fingerprint density at radius 1 is 1.29 bits per heavy atom. The summed E-state index contributed by atoms with van der Waals surface area (Å²) >= 11 is 6.43. The fourth-order valence-electron chi connectivity index (χ4n) is 4.76. The van der Waals surface area contributed by atoms with Crippen molar-refractivity contribution in [1.29, 1.82) is 0 Å². The Labute approximate surface area is 207 Å². The third-order valence-corrected chi connectivity index (χ3v) is 6.75. The molecule has 0 fully saturated rings. The lowest BCUT2D eigenvalue weighted by atomic mass is 9.74. The molecule has 0 radical (unpaired) electrons. The predicted molar refractivity (Wildman–Crippen MR) is 140 cm³/mol. The molecule has 7 heteroatoms. The van der Waals surface area contributed by atoms with Gasteiger partial charge in [-0.25, -0.2) is 15.5 Å². The first kappa shape index (κ1) is 25.9. The lowest BCUT2D eigenvalue weighted by Crippen LogP contribution is -2.23. The first-order valence-electron chi connectivity index (χ1n) is 11.9. The van der Waals surface area contributed by atoms with Gasteiger partial charge in [-0.2, -0.15) is 0 Å². The minimum absolute atomic E-state index is 0.350. The number of carbonyl (C=O) groups is 1. The summed E-state index contributed by atoms with van der Waals surface area (Å²) in [4.78, 5) is 26.4. The molecule has 1 heterocycles. The predicted octanol–water partition coefficient (Wildman–Crippen LogP) is 7.27. The van der Waals surface area contributed by atoms with Gasteiger partial charge in [-0.15, -0.1) is 0 Å². The van der Waals surface area contributed by atoms with Crippen molar-refractivity contribution in [2.24, 2.45) is 22.7 Å². The Morgan fingerprint density at radius 2 is 2.06 bits per heavy atom. The maximum atomic E-state index is 12.3. The highest BCUT2D eigenvalue weighted by atomic mass is 35.5. The number of aromatic nitrogens is 1. The molecule has 0 saturated carbocycles. The molecule has 1 aliphatic rings. The largest absolute Gasteiger partial charge is 0.353 e. The summed E-state index contributed by atoms with van der Waals surface area (Å²) in [5.74, 6) is 2.29. The Hall–Kier alpha value is -2.70. The van der Waals surface area contributed by atoms with E-state index in [1.807, 2.05) is 18.2 Å². The van der Waals surface area contributed by atoms with E-state index in [9.17, 15) is 4.79 Å². The van der Waals surface area contributed by atoms with Crippen LogP contribution in [0.15, 0.2) is 53.2 Å². The third-order valence-electron chi connectivity index (χ3n) is 6.45. The van der Waals surface area contributed by atoms with E-state index in [-0.39, 0.29) is 5.91 Å². The fraction of sp³-hybridized carbons (Fsp3) is 0.444. The third kappa shape index (κ3) is 6.67. The molecule has 1 aromatic carbocycles. The minimum atomic E-state index is -0.350. The van der Waals surface area contributed by atoms with Crippen LogP contribution < -0.4 is 10.8 Å². The molecule has 182 valence electrons. The maximum absolute atomic E-state index is 12.3. The van der Waals surface area contributed by atoms with Gasteiger partial charge in [0.15, 0.2) is 5.82 Å². The van der Waals surface area contributed by atoms with Gasteiger partial charge in [0.25, 0.3) is 5.91 Å². The summed E-state index contributed by atoms with van der Waals surface area (Å²) in [7, 11) is 1.40. The van der Waals surface area contributed by atoms with Crippen molar-refractivity contribution in [3.63, 3.8) is 0 Å². The summed E-state index contributed by atoms with van der Waals surface area (Å²) in [6, 6.07) is 8.97. The minimum Gasteiger partial charge on any atom is -0.353 e. The first-order chi connectivity index (χ1) is 16.3. The first-order valence-corrected chi connectivity index (χ1v) is 12.3. The van der Waals surface area contributed by atoms with Crippen LogP contribution in [0.25, 0.3) is 0 Å². The van der Waals surface area contributed by atoms with E-state index < -0.39 is 0 Å². The molecule has 6 nitrogen and oxygen atoms in total. The van der Waals surface area contributed by atoms with Crippen LogP contribution in [0.2, 0.25) is 5.02 Å². The number of anilines is 2. The van der Waals surface area contributed by atoms with E-state index in [0.717, 1.165) is 30.9 Å². The van der Waals surface area contributed by atoms with Crippen molar-refractivity contribution in [3.8, 4) is 0 Å². The lowest BCUT2D eigenvalue weighted by molar-refractivity contribution is 0.0538. The van der Waals surface area contributed by atoms with E-state index in [1.54, 1.807) is 18.3 Å². The SMILES string of the molecule is CCC1C/C(C)=C\C(=Nc2cc(Nc3ccccc3C(=O)NOC)c(Cl)cn2)CCC1C(C)C. The smallest absolute Gasteiger partial charge is 0.276 e. The zero-order valence-corrected chi connectivity index (χ0v) is 21.4. The Morgan fingerprint density at radius 3 is 2.76 bits per heavy atom. The molecule has 2 atom stereocenters. The van der Waals surface area contributed by atoms with E-state index in [1.165, 1.54) is 19.1 Å². The highest BCUT2D eigenvalue weighted by Gasteiger charge is 2.25. The molecular formula is C27H35ClN4O2. The molecule has 34 heavy (non-hydrogen) atoms. The summed E-state index contributed by atoms with van der Waals surface area (Å²) in [5, 5.41) is 3.70. The summed E-state index contributed by atoms with van der Waals surface area (Å²) in [5.41, 5.74) is 6.43. The number of hydroxylamine groups is 1. The zero-order valence-electron chi connectivity index (χ0n) is 20.7. The van der Waals surface area contributed by atoms with E-state index in [4.69, 9.17) is 21.4 Å². The average Bonchev–Trinajstić information content (AvgIpc) is 2.79. The lowest BCUT2D eigenvalue weighted by Gasteiger charge is -2.31. The fourth-order valence-corrected chi connectivity index (χ4v) is 4.91.